The first-order valence-electron chi connectivity index (χ1n) is 4.75. The molecule has 0 saturated heterocycles. The van der Waals surface area contributed by atoms with E-state index in [2.05, 4.69) is 15.0 Å². The second-order valence-electron chi connectivity index (χ2n) is 3.11. The third kappa shape index (κ3) is 3.18. The van der Waals surface area contributed by atoms with E-state index in [0.29, 0.717) is 5.82 Å². The highest BCUT2D eigenvalue weighted by Crippen LogP contribution is 2.12. The summed E-state index contributed by atoms with van der Waals surface area (Å²) in [5, 5.41) is 20.5. The molecule has 1 rings (SSSR count). The number of nitrogens with zero attached hydrogens (tertiary/aromatic N) is 1. The Kier molecular flexibility index (Phi) is 4.68. The van der Waals surface area contributed by atoms with Gasteiger partial charge in [0.1, 0.15) is 11.4 Å². The number of hydrogen-bond donors (Lipinski definition) is 3. The highest BCUT2D eigenvalue weighted by molar-refractivity contribution is 5.94. The summed E-state index contributed by atoms with van der Waals surface area (Å²) in [5.74, 6) is -0.184. The Morgan fingerprint density at radius 3 is 3.06 bits per heavy atom. The summed E-state index contributed by atoms with van der Waals surface area (Å²) in [6.07, 6.45) is 0.618. The number of carbonyl (C=O) groups excluding carboxylic acids is 1. The summed E-state index contributed by atoms with van der Waals surface area (Å²) in [5.41, 5.74) is 0.287. The minimum absolute atomic E-state index is 0.109. The van der Waals surface area contributed by atoms with Crippen LogP contribution in [-0.2, 0) is 4.74 Å². The van der Waals surface area contributed by atoms with Crippen molar-refractivity contribution in [2.24, 2.45) is 0 Å². The summed E-state index contributed by atoms with van der Waals surface area (Å²) in [4.78, 5) is 15.3. The third-order valence-electron chi connectivity index (χ3n) is 1.93. The Bertz CT molecular complexity index is 356. The van der Waals surface area contributed by atoms with Crippen molar-refractivity contribution in [1.82, 2.24) is 4.98 Å². The molecule has 0 saturated carbocycles. The number of ether oxygens (including phenoxy) is 1. The van der Waals surface area contributed by atoms with Gasteiger partial charge in [-0.05, 0) is 12.1 Å². The number of nitrogens with one attached hydrogen (secondary N) is 1. The van der Waals surface area contributed by atoms with Crippen LogP contribution in [0.1, 0.15) is 10.4 Å². The van der Waals surface area contributed by atoms with Gasteiger partial charge in [0.15, 0.2) is 0 Å². The quantitative estimate of drug-likeness (QED) is 0.593. The largest absolute Gasteiger partial charge is 0.465 e. The maximum atomic E-state index is 11.3. The molecule has 16 heavy (non-hydrogen) atoms. The normalized spacial score (nSPS) is 11.9. The zero-order valence-electron chi connectivity index (χ0n) is 8.88. The van der Waals surface area contributed by atoms with Crippen LogP contribution in [0.25, 0.3) is 0 Å². The van der Waals surface area contributed by atoms with Crippen LogP contribution >= 0.6 is 0 Å². The molecule has 6 heteroatoms. The lowest BCUT2D eigenvalue weighted by Crippen LogP contribution is -2.24. The van der Waals surface area contributed by atoms with Gasteiger partial charge in [0.05, 0.1) is 19.8 Å². The second-order valence-corrected chi connectivity index (χ2v) is 3.11. The smallest absolute Gasteiger partial charge is 0.341 e. The lowest BCUT2D eigenvalue weighted by molar-refractivity contribution is 0.0601. The lowest BCUT2D eigenvalue weighted by Gasteiger charge is -2.11. The van der Waals surface area contributed by atoms with Crippen molar-refractivity contribution in [2.75, 3.05) is 25.6 Å². The van der Waals surface area contributed by atoms with E-state index in [4.69, 9.17) is 10.2 Å². The van der Waals surface area contributed by atoms with Crippen LogP contribution in [0.4, 0.5) is 5.82 Å². The molecular formula is C10H14N2O4. The first-order chi connectivity index (χ1) is 7.69. The molecule has 0 aliphatic heterocycles. The average molecular weight is 226 g/mol. The molecule has 0 amide bonds. The van der Waals surface area contributed by atoms with Crippen LogP contribution in [0.3, 0.4) is 0 Å². The third-order valence-corrected chi connectivity index (χ3v) is 1.93. The average Bonchev–Trinajstić information content (AvgIpc) is 2.35. The highest BCUT2D eigenvalue weighted by Gasteiger charge is 2.12. The van der Waals surface area contributed by atoms with Crippen LogP contribution < -0.4 is 5.32 Å². The van der Waals surface area contributed by atoms with Gasteiger partial charge in [-0.25, -0.2) is 9.78 Å². The van der Waals surface area contributed by atoms with Crippen LogP contribution in [0.5, 0.6) is 0 Å². The lowest BCUT2D eigenvalue weighted by atomic mass is 10.2. The van der Waals surface area contributed by atoms with Crippen molar-refractivity contribution in [3.8, 4) is 0 Å². The molecule has 0 radical (unpaired) electrons. The first kappa shape index (κ1) is 12.4. The number of esters is 1. The molecule has 0 aliphatic carbocycles. The maximum Gasteiger partial charge on any atom is 0.341 e. The molecule has 1 atom stereocenters. The van der Waals surface area contributed by atoms with Gasteiger partial charge < -0.3 is 20.3 Å². The van der Waals surface area contributed by atoms with Crippen molar-refractivity contribution in [3.05, 3.63) is 23.9 Å². The Morgan fingerprint density at radius 2 is 2.44 bits per heavy atom. The van der Waals surface area contributed by atoms with Gasteiger partial charge in [-0.1, -0.05) is 0 Å². The van der Waals surface area contributed by atoms with Crippen molar-refractivity contribution in [3.63, 3.8) is 0 Å². The topological polar surface area (TPSA) is 91.7 Å². The predicted molar refractivity (Wildman–Crippen MR) is 57.2 cm³/mol. The molecule has 1 unspecified atom stereocenters. The molecule has 1 aromatic rings. The van der Waals surface area contributed by atoms with E-state index >= 15 is 0 Å². The van der Waals surface area contributed by atoms with Gasteiger partial charge in [0.25, 0.3) is 0 Å². The summed E-state index contributed by atoms with van der Waals surface area (Å²) in [6.45, 7) is -0.245. The van der Waals surface area contributed by atoms with Crippen LogP contribution in [-0.4, -0.2) is 47.5 Å². The fraction of sp³-hybridized carbons (Fsp3) is 0.400. The molecule has 0 spiro atoms. The molecule has 0 aromatic carbocycles. The summed E-state index contributed by atoms with van der Waals surface area (Å²) in [6, 6.07) is 3.17. The highest BCUT2D eigenvalue weighted by atomic mass is 16.5. The molecule has 1 aromatic heterocycles. The van der Waals surface area contributed by atoms with E-state index < -0.39 is 12.1 Å². The molecular weight excluding hydrogens is 212 g/mol. The number of pyridine rings is 1. The number of hydrogen-bond acceptors (Lipinski definition) is 6. The van der Waals surface area contributed by atoms with Crippen LogP contribution in [0.15, 0.2) is 18.3 Å². The molecule has 0 fully saturated rings. The minimum Gasteiger partial charge on any atom is -0.465 e. The second kappa shape index (κ2) is 6.04. The van der Waals surface area contributed by atoms with E-state index in [1.165, 1.54) is 13.3 Å². The number of rotatable bonds is 5. The zero-order chi connectivity index (χ0) is 12.0. The molecule has 88 valence electrons. The Balaban J connectivity index is 2.75. The predicted octanol–water partition coefficient (Wildman–Crippen LogP) is -0.367. The fourth-order valence-electron chi connectivity index (χ4n) is 1.10. The van der Waals surface area contributed by atoms with Gasteiger partial charge in [-0.15, -0.1) is 0 Å². The number of aliphatic hydroxyl groups is 2. The number of carbonyl (C=O) groups is 1. The van der Waals surface area contributed by atoms with Crippen molar-refractivity contribution < 1.29 is 19.7 Å². The molecule has 6 nitrogen and oxygen atoms in total. The Labute approximate surface area is 92.9 Å². The molecule has 3 N–H and O–H groups in total. The van der Waals surface area contributed by atoms with Gasteiger partial charge in [-0.2, -0.15) is 0 Å². The summed E-state index contributed by atoms with van der Waals surface area (Å²) in [7, 11) is 1.28. The minimum atomic E-state index is -0.896. The number of aliphatic hydroxyl groups excluding tert-OH is 2. The maximum absolute atomic E-state index is 11.3. The van der Waals surface area contributed by atoms with Crippen LogP contribution in [0.2, 0.25) is 0 Å². The van der Waals surface area contributed by atoms with Crippen molar-refractivity contribution >= 4 is 11.8 Å². The summed E-state index contributed by atoms with van der Waals surface area (Å²) < 4.78 is 4.58. The van der Waals surface area contributed by atoms with E-state index in [1.54, 1.807) is 12.1 Å². The van der Waals surface area contributed by atoms with E-state index in [1.807, 2.05) is 0 Å². The van der Waals surface area contributed by atoms with Crippen molar-refractivity contribution in [1.29, 1.82) is 0 Å². The van der Waals surface area contributed by atoms with E-state index in [9.17, 15) is 4.79 Å². The monoisotopic (exact) mass is 226 g/mol. The fourth-order valence-corrected chi connectivity index (χ4v) is 1.10. The van der Waals surface area contributed by atoms with Crippen LogP contribution in [0, 0.1) is 0 Å². The van der Waals surface area contributed by atoms with Gasteiger partial charge >= 0.3 is 5.97 Å². The first-order valence-corrected chi connectivity index (χ1v) is 4.75. The number of methoxy groups -OCH3 is 1. The molecule has 1 heterocycles. The van der Waals surface area contributed by atoms with Gasteiger partial charge in [-0.3, -0.25) is 0 Å². The summed E-state index contributed by atoms with van der Waals surface area (Å²) >= 11 is 0. The van der Waals surface area contributed by atoms with Gasteiger partial charge in [0.2, 0.25) is 0 Å². The number of aromatic nitrogens is 1. The van der Waals surface area contributed by atoms with Crippen molar-refractivity contribution in [2.45, 2.75) is 6.10 Å². The van der Waals surface area contributed by atoms with E-state index in [0.717, 1.165) is 0 Å². The van der Waals surface area contributed by atoms with Gasteiger partial charge in [0, 0.05) is 12.7 Å². The SMILES string of the molecule is COC(=O)c1cccnc1NCC(O)CO. The molecule has 0 bridgehead atoms. The van der Waals surface area contributed by atoms with E-state index in [-0.39, 0.29) is 18.7 Å². The number of anilines is 1. The zero-order valence-corrected chi connectivity index (χ0v) is 8.88. The standard InChI is InChI=1S/C10H14N2O4/c1-16-10(15)8-3-2-4-11-9(8)12-5-7(14)6-13/h2-4,7,13-14H,5-6H2,1H3,(H,11,12). The Morgan fingerprint density at radius 1 is 1.69 bits per heavy atom. The Hall–Kier alpha value is -1.66. The molecule has 0 aliphatic rings.